The van der Waals surface area contributed by atoms with Crippen molar-refractivity contribution in [3.05, 3.63) is 45.8 Å². The molecule has 30 heavy (non-hydrogen) atoms. The second-order valence-electron chi connectivity index (χ2n) is 7.02. The van der Waals surface area contributed by atoms with Crippen LogP contribution in [0, 0.1) is 6.92 Å². The highest BCUT2D eigenvalue weighted by Gasteiger charge is 2.36. The Hall–Kier alpha value is -1.67. The number of hydrogen-bond donors (Lipinski definition) is 3. The molecule has 1 aromatic heterocycles. The van der Waals surface area contributed by atoms with Crippen molar-refractivity contribution in [2.75, 3.05) is 11.9 Å². The van der Waals surface area contributed by atoms with Crippen LogP contribution in [0.5, 0.6) is 5.75 Å². The van der Waals surface area contributed by atoms with Crippen molar-refractivity contribution < 1.29 is 14.3 Å². The number of ether oxygens (including phenoxy) is 1. The molecule has 0 saturated carbocycles. The fourth-order valence-electron chi connectivity index (χ4n) is 3.32. The zero-order valence-corrected chi connectivity index (χ0v) is 19.4. The predicted molar refractivity (Wildman–Crippen MR) is 122 cm³/mol. The van der Waals surface area contributed by atoms with Crippen LogP contribution in [0.25, 0.3) is 0 Å². The molecule has 1 atom stereocenters. The van der Waals surface area contributed by atoms with Crippen LogP contribution in [0.3, 0.4) is 0 Å². The lowest BCUT2D eigenvalue weighted by Gasteiger charge is -2.27. The number of nitrogens with two attached hydrogens (primary N) is 1. The number of primary amides is 1. The van der Waals surface area contributed by atoms with E-state index in [1.165, 1.54) is 11.3 Å². The summed E-state index contributed by atoms with van der Waals surface area (Å²) in [6, 6.07) is 7.34. The normalized spacial score (nSPS) is 14.5. The second-order valence-corrected chi connectivity index (χ2v) is 10.5. The van der Waals surface area contributed by atoms with Crippen LogP contribution in [0.1, 0.15) is 39.2 Å². The van der Waals surface area contributed by atoms with Crippen LogP contribution in [0.4, 0.5) is 5.00 Å². The van der Waals surface area contributed by atoms with Gasteiger partial charge in [-0.25, -0.2) is 0 Å². The molecule has 0 radical (unpaired) electrons. The molecule has 1 heterocycles. The van der Waals surface area contributed by atoms with Crippen molar-refractivity contribution in [2.45, 2.75) is 42.6 Å². The van der Waals surface area contributed by atoms with E-state index in [2.05, 4.69) is 10.6 Å². The third kappa shape index (κ3) is 5.52. The summed E-state index contributed by atoms with van der Waals surface area (Å²) in [6.07, 6.45) is 2.60. The van der Waals surface area contributed by atoms with Gasteiger partial charge in [-0.1, -0.05) is 53.0 Å². The third-order valence-corrected chi connectivity index (χ3v) is 6.66. The van der Waals surface area contributed by atoms with Crippen molar-refractivity contribution in [3.63, 3.8) is 0 Å². The summed E-state index contributed by atoms with van der Waals surface area (Å²) in [7, 11) is 0. The first-order valence-corrected chi connectivity index (χ1v) is 11.4. The van der Waals surface area contributed by atoms with Crippen LogP contribution in [-0.2, 0) is 17.6 Å². The Morgan fingerprint density at radius 3 is 2.60 bits per heavy atom. The molecular weight excluding hydrogens is 469 g/mol. The van der Waals surface area contributed by atoms with E-state index in [1.807, 2.05) is 25.1 Å². The number of carbonyl (C=O) groups is 2. The lowest BCUT2D eigenvalue weighted by molar-refractivity contribution is -0.123. The average molecular weight is 491 g/mol. The summed E-state index contributed by atoms with van der Waals surface area (Å²) < 4.78 is 3.67. The Morgan fingerprint density at radius 2 is 1.93 bits per heavy atom. The summed E-state index contributed by atoms with van der Waals surface area (Å²) in [6.45, 7) is 1.62. The quantitative estimate of drug-likeness (QED) is 0.398. The molecule has 6 nitrogen and oxygen atoms in total. The number of aryl methyl sites for hydroxylation is 2. The second kappa shape index (κ2) is 9.64. The lowest BCUT2D eigenvalue weighted by atomic mass is 9.95. The van der Waals surface area contributed by atoms with Crippen molar-refractivity contribution in [1.29, 1.82) is 0 Å². The largest absolute Gasteiger partial charge is 0.484 e. The number of nitrogens with one attached hydrogen (secondary N) is 2. The zero-order chi connectivity index (χ0) is 21.9. The molecule has 3 rings (SSSR count). The standard InChI is InChI=1S/C20H22Cl3N3O3S/c1-11-6-2-4-8-13(11)29-10-15(27)25-19(20(21,22)23)26-18-16(17(24)28)12-7-3-5-9-14(12)30-18/h2,4,6,8,19,26H,3,5,7,9-10H2,1H3,(H2,24,28)(H,25,27)/t19-/m0/s1. The average Bonchev–Trinajstić information content (AvgIpc) is 3.04. The van der Waals surface area contributed by atoms with Gasteiger partial charge in [-0.15, -0.1) is 11.3 Å². The summed E-state index contributed by atoms with van der Waals surface area (Å²) in [5.41, 5.74) is 7.86. The monoisotopic (exact) mass is 489 g/mol. The van der Waals surface area contributed by atoms with Crippen LogP contribution in [-0.4, -0.2) is 28.4 Å². The number of thiophene rings is 1. The Bertz CT molecular complexity index is 943. The molecule has 1 aliphatic rings. The van der Waals surface area contributed by atoms with E-state index < -0.39 is 21.8 Å². The lowest BCUT2D eigenvalue weighted by Crippen LogP contribution is -2.50. The van der Waals surface area contributed by atoms with Gasteiger partial charge in [-0.2, -0.15) is 0 Å². The number of carbonyl (C=O) groups excluding carboxylic acids is 2. The zero-order valence-electron chi connectivity index (χ0n) is 16.3. The van der Waals surface area contributed by atoms with Crippen molar-refractivity contribution in [3.8, 4) is 5.75 Å². The SMILES string of the molecule is Cc1ccccc1OCC(=O)N[C@@H](Nc1sc2c(c1C(N)=O)CCCC2)C(Cl)(Cl)Cl. The number of fused-ring (bicyclic) bond motifs is 1. The minimum absolute atomic E-state index is 0.257. The highest BCUT2D eigenvalue weighted by molar-refractivity contribution is 7.16. The summed E-state index contributed by atoms with van der Waals surface area (Å²) >= 11 is 19.7. The molecule has 0 fully saturated rings. The molecule has 2 amide bonds. The van der Waals surface area contributed by atoms with Crippen molar-refractivity contribution in [1.82, 2.24) is 5.32 Å². The van der Waals surface area contributed by atoms with E-state index in [9.17, 15) is 9.59 Å². The molecule has 10 heteroatoms. The summed E-state index contributed by atoms with van der Waals surface area (Å²) in [5.74, 6) is -0.439. The van der Waals surface area contributed by atoms with Gasteiger partial charge in [0.25, 0.3) is 11.8 Å². The molecule has 1 aliphatic carbocycles. The topological polar surface area (TPSA) is 93.4 Å². The first-order chi connectivity index (χ1) is 14.2. The van der Waals surface area contributed by atoms with Gasteiger partial charge in [0.15, 0.2) is 6.61 Å². The first kappa shape index (κ1) is 23.0. The first-order valence-electron chi connectivity index (χ1n) is 9.42. The van der Waals surface area contributed by atoms with Gasteiger partial charge in [0, 0.05) is 4.88 Å². The molecule has 0 aliphatic heterocycles. The number of amides is 2. The Kier molecular flexibility index (Phi) is 7.39. The summed E-state index contributed by atoms with van der Waals surface area (Å²) in [5, 5.41) is 6.12. The molecule has 0 saturated heterocycles. The fourth-order valence-corrected chi connectivity index (χ4v) is 4.97. The van der Waals surface area contributed by atoms with Crippen LogP contribution in [0.2, 0.25) is 0 Å². The van der Waals surface area contributed by atoms with Gasteiger partial charge in [0.1, 0.15) is 16.9 Å². The number of anilines is 1. The maximum absolute atomic E-state index is 12.4. The molecule has 1 aromatic carbocycles. The molecule has 162 valence electrons. The van der Waals surface area contributed by atoms with E-state index in [-0.39, 0.29) is 6.61 Å². The number of para-hydroxylation sites is 1. The highest BCUT2D eigenvalue weighted by Crippen LogP contribution is 2.40. The Morgan fingerprint density at radius 1 is 1.23 bits per heavy atom. The van der Waals surface area contributed by atoms with E-state index in [0.717, 1.165) is 41.7 Å². The maximum Gasteiger partial charge on any atom is 0.259 e. The van der Waals surface area contributed by atoms with Crippen LogP contribution >= 0.6 is 46.1 Å². The van der Waals surface area contributed by atoms with Gasteiger partial charge in [-0.3, -0.25) is 9.59 Å². The molecular formula is C20H22Cl3N3O3S. The molecule has 0 unspecified atom stereocenters. The van der Waals surface area contributed by atoms with Crippen LogP contribution < -0.4 is 21.1 Å². The van der Waals surface area contributed by atoms with Gasteiger partial charge >= 0.3 is 0 Å². The minimum Gasteiger partial charge on any atom is -0.484 e. The van der Waals surface area contributed by atoms with E-state index in [4.69, 9.17) is 45.3 Å². The Labute approximate surface area is 194 Å². The molecule has 4 N–H and O–H groups in total. The van der Waals surface area contributed by atoms with Gasteiger partial charge in [-0.05, 0) is 49.8 Å². The number of halogens is 3. The van der Waals surface area contributed by atoms with E-state index >= 15 is 0 Å². The smallest absolute Gasteiger partial charge is 0.259 e. The van der Waals surface area contributed by atoms with Gasteiger partial charge < -0.3 is 21.1 Å². The van der Waals surface area contributed by atoms with Crippen LogP contribution in [0.15, 0.2) is 24.3 Å². The number of benzene rings is 1. The van der Waals surface area contributed by atoms with E-state index in [1.54, 1.807) is 6.07 Å². The Balaban J connectivity index is 1.74. The third-order valence-electron chi connectivity index (χ3n) is 4.78. The predicted octanol–water partition coefficient (Wildman–Crippen LogP) is 4.34. The maximum atomic E-state index is 12.4. The van der Waals surface area contributed by atoms with Crippen molar-refractivity contribution in [2.24, 2.45) is 5.73 Å². The molecule has 0 spiro atoms. The molecule has 2 aromatic rings. The number of alkyl halides is 3. The van der Waals surface area contributed by atoms with Gasteiger partial charge in [0.05, 0.1) is 5.56 Å². The number of hydrogen-bond acceptors (Lipinski definition) is 5. The molecule has 0 bridgehead atoms. The van der Waals surface area contributed by atoms with Crippen molar-refractivity contribution >= 4 is 63.0 Å². The minimum atomic E-state index is -1.88. The van der Waals surface area contributed by atoms with E-state index in [0.29, 0.717) is 16.3 Å². The highest BCUT2D eigenvalue weighted by atomic mass is 35.6. The van der Waals surface area contributed by atoms with Gasteiger partial charge in [0.2, 0.25) is 3.79 Å². The summed E-state index contributed by atoms with van der Waals surface area (Å²) in [4.78, 5) is 25.6. The number of rotatable bonds is 7. The fraction of sp³-hybridized carbons (Fsp3) is 0.400.